The van der Waals surface area contributed by atoms with Crippen LogP contribution in [-0.2, 0) is 11.2 Å². The molecule has 1 heterocycles. The molecule has 0 saturated carbocycles. The molecule has 0 saturated heterocycles. The Hall–Kier alpha value is -1.59. The van der Waals surface area contributed by atoms with Crippen molar-refractivity contribution in [3.8, 4) is 5.75 Å². The molecule has 0 spiro atoms. The first-order valence-electron chi connectivity index (χ1n) is 4.92. The fourth-order valence-electron chi connectivity index (χ4n) is 1.83. The van der Waals surface area contributed by atoms with E-state index in [-0.39, 0.29) is 12.8 Å². The van der Waals surface area contributed by atoms with Gasteiger partial charge in [-0.2, -0.15) is 0 Å². The summed E-state index contributed by atoms with van der Waals surface area (Å²) in [7, 11) is 0. The monoisotopic (exact) mass is 224 g/mol. The third-order valence-electron chi connectivity index (χ3n) is 2.65. The van der Waals surface area contributed by atoms with Crippen LogP contribution in [-0.4, -0.2) is 27.3 Å². The van der Waals surface area contributed by atoms with Crippen molar-refractivity contribution in [3.05, 3.63) is 29.8 Å². The summed E-state index contributed by atoms with van der Waals surface area (Å²) in [6.45, 7) is 0. The molecule has 1 unspecified atom stereocenters. The SMILES string of the molecule is O=C(O)CC1Cc2ccccc2OC1(O)O. The van der Waals surface area contributed by atoms with Gasteiger partial charge in [0.1, 0.15) is 5.75 Å². The van der Waals surface area contributed by atoms with Crippen LogP contribution in [0.5, 0.6) is 5.75 Å². The molecular formula is C11H12O5. The number of carboxylic acids is 1. The minimum atomic E-state index is -2.41. The molecule has 1 aliphatic heterocycles. The van der Waals surface area contributed by atoms with Gasteiger partial charge in [0.25, 0.3) is 0 Å². The van der Waals surface area contributed by atoms with Crippen molar-refractivity contribution >= 4 is 5.97 Å². The minimum Gasteiger partial charge on any atom is -0.481 e. The van der Waals surface area contributed by atoms with Gasteiger partial charge in [0.05, 0.1) is 12.3 Å². The Kier molecular flexibility index (Phi) is 2.57. The third kappa shape index (κ3) is 2.00. The first-order valence-corrected chi connectivity index (χ1v) is 4.92. The number of hydrogen-bond donors (Lipinski definition) is 3. The topological polar surface area (TPSA) is 87.0 Å². The summed E-state index contributed by atoms with van der Waals surface area (Å²) in [5.74, 6) is -3.97. The van der Waals surface area contributed by atoms with Gasteiger partial charge in [0.15, 0.2) is 0 Å². The Bertz CT molecular complexity index is 413. The quantitative estimate of drug-likeness (QED) is 0.631. The lowest BCUT2D eigenvalue weighted by Crippen LogP contribution is -2.48. The summed E-state index contributed by atoms with van der Waals surface area (Å²) < 4.78 is 4.98. The molecule has 3 N–H and O–H groups in total. The van der Waals surface area contributed by atoms with Crippen LogP contribution in [0.25, 0.3) is 0 Å². The second-order valence-electron chi connectivity index (χ2n) is 3.87. The Morgan fingerprint density at radius 2 is 2.12 bits per heavy atom. The van der Waals surface area contributed by atoms with Gasteiger partial charge >= 0.3 is 11.9 Å². The highest BCUT2D eigenvalue weighted by molar-refractivity contribution is 5.67. The molecule has 5 heteroatoms. The Balaban J connectivity index is 2.28. The summed E-state index contributed by atoms with van der Waals surface area (Å²) in [6, 6.07) is 6.90. The minimum absolute atomic E-state index is 0.273. The summed E-state index contributed by atoms with van der Waals surface area (Å²) in [6.07, 6.45) is -0.0726. The van der Waals surface area contributed by atoms with E-state index in [4.69, 9.17) is 9.84 Å². The van der Waals surface area contributed by atoms with Crippen LogP contribution in [0.2, 0.25) is 0 Å². The molecule has 1 aromatic rings. The molecule has 1 aliphatic rings. The van der Waals surface area contributed by atoms with Crippen LogP contribution in [0.4, 0.5) is 0 Å². The van der Waals surface area contributed by atoms with Gasteiger partial charge in [0.2, 0.25) is 0 Å². The zero-order valence-corrected chi connectivity index (χ0v) is 8.46. The number of fused-ring (bicyclic) bond motifs is 1. The van der Waals surface area contributed by atoms with Crippen molar-refractivity contribution in [1.29, 1.82) is 0 Å². The maximum absolute atomic E-state index is 10.6. The highest BCUT2D eigenvalue weighted by Gasteiger charge is 2.42. The van der Waals surface area contributed by atoms with E-state index in [1.54, 1.807) is 24.3 Å². The van der Waals surface area contributed by atoms with Gasteiger partial charge < -0.3 is 20.1 Å². The number of aliphatic hydroxyl groups is 2. The van der Waals surface area contributed by atoms with E-state index >= 15 is 0 Å². The van der Waals surface area contributed by atoms with E-state index in [1.807, 2.05) is 0 Å². The van der Waals surface area contributed by atoms with Crippen molar-refractivity contribution in [2.45, 2.75) is 18.8 Å². The van der Waals surface area contributed by atoms with E-state index in [0.29, 0.717) is 5.75 Å². The average Bonchev–Trinajstić information content (AvgIpc) is 2.17. The number of aliphatic carboxylic acids is 1. The Morgan fingerprint density at radius 1 is 1.44 bits per heavy atom. The molecule has 0 aliphatic carbocycles. The van der Waals surface area contributed by atoms with E-state index in [0.717, 1.165) is 5.56 Å². The highest BCUT2D eigenvalue weighted by atomic mass is 16.8. The standard InChI is InChI=1S/C11H12O5/c12-10(13)6-8-5-7-3-1-2-4-9(7)16-11(8,14)15/h1-4,8,14-15H,5-6H2,(H,12,13). The van der Waals surface area contributed by atoms with Crippen molar-refractivity contribution in [1.82, 2.24) is 0 Å². The lowest BCUT2D eigenvalue weighted by Gasteiger charge is -2.35. The van der Waals surface area contributed by atoms with Crippen molar-refractivity contribution in [2.24, 2.45) is 5.92 Å². The lowest BCUT2D eigenvalue weighted by atomic mass is 9.91. The molecule has 5 nitrogen and oxygen atoms in total. The molecule has 16 heavy (non-hydrogen) atoms. The number of carbonyl (C=O) groups is 1. The van der Waals surface area contributed by atoms with E-state index in [9.17, 15) is 15.0 Å². The van der Waals surface area contributed by atoms with Crippen molar-refractivity contribution in [2.75, 3.05) is 0 Å². The number of hydrogen-bond acceptors (Lipinski definition) is 4. The largest absolute Gasteiger partial charge is 0.481 e. The normalized spacial score (nSPS) is 22.0. The lowest BCUT2D eigenvalue weighted by molar-refractivity contribution is -0.329. The van der Waals surface area contributed by atoms with Gasteiger partial charge in [0, 0.05) is 0 Å². The van der Waals surface area contributed by atoms with Crippen molar-refractivity contribution in [3.63, 3.8) is 0 Å². The molecule has 0 fully saturated rings. The number of carboxylic acid groups (broad SMARTS) is 1. The molecule has 0 radical (unpaired) electrons. The first-order chi connectivity index (χ1) is 7.49. The molecule has 86 valence electrons. The smallest absolute Gasteiger partial charge is 0.325 e. The van der Waals surface area contributed by atoms with Gasteiger partial charge in [-0.3, -0.25) is 4.79 Å². The maximum Gasteiger partial charge on any atom is 0.325 e. The second-order valence-corrected chi connectivity index (χ2v) is 3.87. The maximum atomic E-state index is 10.6. The molecule has 1 aromatic carbocycles. The van der Waals surface area contributed by atoms with Crippen LogP contribution in [0.3, 0.4) is 0 Å². The molecule has 1 atom stereocenters. The fraction of sp³-hybridized carbons (Fsp3) is 0.364. The molecule has 0 bridgehead atoms. The van der Waals surface area contributed by atoms with Gasteiger partial charge in [-0.05, 0) is 18.1 Å². The van der Waals surface area contributed by atoms with Crippen LogP contribution in [0, 0.1) is 5.92 Å². The second kappa shape index (κ2) is 3.77. The van der Waals surface area contributed by atoms with Gasteiger partial charge in [-0.15, -0.1) is 0 Å². The predicted octanol–water partition coefficient (Wildman–Crippen LogP) is 0.351. The number of rotatable bonds is 2. The number of para-hydroxylation sites is 1. The summed E-state index contributed by atoms with van der Waals surface area (Å²) in [5.41, 5.74) is 0.785. The fourth-order valence-corrected chi connectivity index (χ4v) is 1.83. The predicted molar refractivity (Wildman–Crippen MR) is 53.7 cm³/mol. The van der Waals surface area contributed by atoms with Crippen LogP contribution in [0.15, 0.2) is 24.3 Å². The average molecular weight is 224 g/mol. The molecule has 2 rings (SSSR count). The highest BCUT2D eigenvalue weighted by Crippen LogP contribution is 2.35. The zero-order chi connectivity index (χ0) is 11.8. The summed E-state index contributed by atoms with van der Waals surface area (Å²) >= 11 is 0. The zero-order valence-electron chi connectivity index (χ0n) is 8.46. The molecular weight excluding hydrogens is 212 g/mol. The molecule has 0 amide bonds. The van der Waals surface area contributed by atoms with Crippen molar-refractivity contribution < 1.29 is 24.9 Å². The Morgan fingerprint density at radius 3 is 2.81 bits per heavy atom. The van der Waals surface area contributed by atoms with E-state index < -0.39 is 17.9 Å². The first kappa shape index (κ1) is 10.9. The van der Waals surface area contributed by atoms with Crippen LogP contribution < -0.4 is 4.74 Å². The summed E-state index contributed by atoms with van der Waals surface area (Å²) in [5, 5.41) is 27.9. The molecule has 0 aromatic heterocycles. The number of benzene rings is 1. The summed E-state index contributed by atoms with van der Waals surface area (Å²) in [4.78, 5) is 10.6. The van der Waals surface area contributed by atoms with E-state index in [1.165, 1.54) is 0 Å². The Labute approximate surface area is 91.9 Å². The number of ether oxygens (including phenoxy) is 1. The third-order valence-corrected chi connectivity index (χ3v) is 2.65. The van der Waals surface area contributed by atoms with E-state index in [2.05, 4.69) is 0 Å². The van der Waals surface area contributed by atoms with Crippen LogP contribution in [0.1, 0.15) is 12.0 Å². The van der Waals surface area contributed by atoms with Crippen LogP contribution >= 0.6 is 0 Å². The van der Waals surface area contributed by atoms with Gasteiger partial charge in [-0.1, -0.05) is 18.2 Å². The van der Waals surface area contributed by atoms with Gasteiger partial charge in [-0.25, -0.2) is 0 Å².